The largest absolute Gasteiger partial charge is 0.477 e. The Kier molecular flexibility index (Phi) is 3.52. The van der Waals surface area contributed by atoms with E-state index in [4.69, 9.17) is 5.11 Å². The minimum Gasteiger partial charge on any atom is -0.477 e. The second-order valence-corrected chi connectivity index (χ2v) is 3.90. The van der Waals surface area contributed by atoms with Gasteiger partial charge in [-0.25, -0.2) is 9.78 Å². The predicted molar refractivity (Wildman–Crippen MR) is 67.5 cm³/mol. The number of aromatic carboxylic acids is 1. The second-order valence-electron chi connectivity index (χ2n) is 3.90. The van der Waals surface area contributed by atoms with Crippen LogP contribution in [-0.4, -0.2) is 21.0 Å². The molecule has 0 atom stereocenters. The molecular weight excluding hydrogens is 230 g/mol. The molecule has 0 spiro atoms. The number of nitrogens with zero attached hydrogens (tertiary/aromatic N) is 2. The quantitative estimate of drug-likeness (QED) is 0.860. The number of hydrogen-bond donors (Lipinski definition) is 2. The molecule has 0 aliphatic carbocycles. The lowest BCUT2D eigenvalue weighted by molar-refractivity contribution is 0.0690. The van der Waals surface area contributed by atoms with Crippen molar-refractivity contribution in [2.75, 3.05) is 5.32 Å². The molecule has 0 saturated heterocycles. The molecule has 5 heteroatoms. The summed E-state index contributed by atoms with van der Waals surface area (Å²) >= 11 is 0. The van der Waals surface area contributed by atoms with Crippen LogP contribution in [0, 0.1) is 6.92 Å². The van der Waals surface area contributed by atoms with Crippen LogP contribution in [0.25, 0.3) is 0 Å². The second kappa shape index (κ2) is 5.27. The zero-order valence-electron chi connectivity index (χ0n) is 9.92. The number of nitrogens with one attached hydrogen (secondary N) is 1. The van der Waals surface area contributed by atoms with Gasteiger partial charge in [0, 0.05) is 30.8 Å². The van der Waals surface area contributed by atoms with E-state index < -0.39 is 5.97 Å². The van der Waals surface area contributed by atoms with E-state index in [2.05, 4.69) is 15.3 Å². The summed E-state index contributed by atoms with van der Waals surface area (Å²) < 4.78 is 0. The number of carboxylic acids is 1. The van der Waals surface area contributed by atoms with Gasteiger partial charge in [-0.3, -0.25) is 4.98 Å². The Labute approximate surface area is 105 Å². The highest BCUT2D eigenvalue weighted by molar-refractivity contribution is 5.85. The smallest absolute Gasteiger partial charge is 0.354 e. The first-order valence-corrected chi connectivity index (χ1v) is 5.49. The number of carboxylic acid groups (broad SMARTS) is 1. The van der Waals surface area contributed by atoms with Gasteiger partial charge in [-0.1, -0.05) is 6.07 Å². The Morgan fingerprint density at radius 2 is 2.17 bits per heavy atom. The van der Waals surface area contributed by atoms with Crippen molar-refractivity contribution in [3.63, 3.8) is 0 Å². The lowest BCUT2D eigenvalue weighted by Crippen LogP contribution is -2.04. The van der Waals surface area contributed by atoms with Crippen LogP contribution in [0.1, 0.15) is 21.6 Å². The molecule has 2 aromatic heterocycles. The number of aryl methyl sites for hydroxylation is 1. The summed E-state index contributed by atoms with van der Waals surface area (Å²) in [7, 11) is 0. The first-order valence-electron chi connectivity index (χ1n) is 5.49. The number of aromatic nitrogens is 2. The van der Waals surface area contributed by atoms with Gasteiger partial charge in [0.25, 0.3) is 0 Å². The van der Waals surface area contributed by atoms with Crippen molar-refractivity contribution in [3.8, 4) is 0 Å². The summed E-state index contributed by atoms with van der Waals surface area (Å²) in [6, 6.07) is 5.15. The van der Waals surface area contributed by atoms with Gasteiger partial charge >= 0.3 is 5.97 Å². The minimum atomic E-state index is -1.01. The van der Waals surface area contributed by atoms with Gasteiger partial charge in [0.2, 0.25) is 0 Å². The minimum absolute atomic E-state index is 0.0545. The zero-order chi connectivity index (χ0) is 13.0. The maximum absolute atomic E-state index is 10.7. The van der Waals surface area contributed by atoms with Gasteiger partial charge in [0.1, 0.15) is 5.69 Å². The van der Waals surface area contributed by atoms with Gasteiger partial charge in [-0.2, -0.15) is 0 Å². The molecule has 0 radical (unpaired) electrons. The monoisotopic (exact) mass is 243 g/mol. The number of pyridine rings is 2. The Hall–Kier alpha value is -2.43. The van der Waals surface area contributed by atoms with Crippen molar-refractivity contribution in [2.45, 2.75) is 13.5 Å². The van der Waals surface area contributed by atoms with Crippen molar-refractivity contribution in [3.05, 3.63) is 53.6 Å². The summed E-state index contributed by atoms with van der Waals surface area (Å²) in [6.45, 7) is 2.57. The van der Waals surface area contributed by atoms with Gasteiger partial charge in [0.15, 0.2) is 0 Å². The summed E-state index contributed by atoms with van der Waals surface area (Å²) in [6.07, 6.45) is 5.07. The lowest BCUT2D eigenvalue weighted by atomic mass is 10.2. The van der Waals surface area contributed by atoms with Crippen LogP contribution in [-0.2, 0) is 6.54 Å². The van der Waals surface area contributed by atoms with E-state index in [1.165, 1.54) is 6.07 Å². The molecule has 2 N–H and O–H groups in total. The third-order valence-corrected chi connectivity index (χ3v) is 2.55. The Morgan fingerprint density at radius 1 is 1.33 bits per heavy atom. The molecule has 2 aromatic rings. The first-order chi connectivity index (χ1) is 8.66. The molecule has 0 bridgehead atoms. The van der Waals surface area contributed by atoms with E-state index >= 15 is 0 Å². The normalized spacial score (nSPS) is 10.1. The van der Waals surface area contributed by atoms with Crippen LogP contribution in [0.4, 0.5) is 5.69 Å². The lowest BCUT2D eigenvalue weighted by Gasteiger charge is -2.08. The molecule has 0 aliphatic rings. The SMILES string of the molecule is Cc1cnccc1NCc1ccc(C(=O)O)nc1. The topological polar surface area (TPSA) is 75.1 Å². The van der Waals surface area contributed by atoms with Crippen molar-refractivity contribution in [1.82, 2.24) is 9.97 Å². The number of rotatable bonds is 4. The molecular formula is C13H13N3O2. The highest BCUT2D eigenvalue weighted by Crippen LogP contribution is 2.13. The predicted octanol–water partition coefficient (Wildman–Crippen LogP) is 2.10. The van der Waals surface area contributed by atoms with E-state index in [1.54, 1.807) is 24.7 Å². The third-order valence-electron chi connectivity index (χ3n) is 2.55. The van der Waals surface area contributed by atoms with E-state index in [9.17, 15) is 4.79 Å². The highest BCUT2D eigenvalue weighted by Gasteiger charge is 2.03. The van der Waals surface area contributed by atoms with E-state index in [0.29, 0.717) is 6.54 Å². The molecule has 0 aliphatic heterocycles. The molecule has 0 aromatic carbocycles. The molecule has 2 rings (SSSR count). The zero-order valence-corrected chi connectivity index (χ0v) is 9.92. The fraction of sp³-hybridized carbons (Fsp3) is 0.154. The fourth-order valence-corrected chi connectivity index (χ4v) is 1.52. The summed E-state index contributed by atoms with van der Waals surface area (Å²) in [5.41, 5.74) is 3.05. The van der Waals surface area contributed by atoms with Crippen LogP contribution in [0.3, 0.4) is 0 Å². The van der Waals surface area contributed by atoms with Crippen LogP contribution < -0.4 is 5.32 Å². The van der Waals surface area contributed by atoms with Crippen molar-refractivity contribution < 1.29 is 9.90 Å². The van der Waals surface area contributed by atoms with Crippen molar-refractivity contribution >= 4 is 11.7 Å². The Bertz CT molecular complexity index is 552. The standard InChI is InChI=1S/C13H13N3O2/c1-9-6-14-5-4-11(9)15-7-10-2-3-12(13(17)18)16-8-10/h2-6,8H,7H2,1H3,(H,14,15)(H,17,18). The van der Waals surface area contributed by atoms with Gasteiger partial charge in [-0.05, 0) is 30.2 Å². The fourth-order valence-electron chi connectivity index (χ4n) is 1.52. The number of anilines is 1. The van der Waals surface area contributed by atoms with Gasteiger partial charge in [0.05, 0.1) is 0 Å². The molecule has 5 nitrogen and oxygen atoms in total. The third kappa shape index (κ3) is 2.82. The molecule has 0 saturated carbocycles. The molecule has 0 fully saturated rings. The highest BCUT2D eigenvalue weighted by atomic mass is 16.4. The summed E-state index contributed by atoms with van der Waals surface area (Å²) in [5, 5.41) is 12.0. The number of carbonyl (C=O) groups is 1. The Balaban J connectivity index is 2.02. The molecule has 0 amide bonds. The van der Waals surface area contributed by atoms with Gasteiger partial charge < -0.3 is 10.4 Å². The van der Waals surface area contributed by atoms with Crippen LogP contribution in [0.15, 0.2) is 36.8 Å². The van der Waals surface area contributed by atoms with E-state index in [1.807, 2.05) is 13.0 Å². The molecule has 2 heterocycles. The summed E-state index contributed by atoms with van der Waals surface area (Å²) in [5.74, 6) is -1.01. The van der Waals surface area contributed by atoms with Crippen LogP contribution in [0.2, 0.25) is 0 Å². The Morgan fingerprint density at radius 3 is 2.78 bits per heavy atom. The van der Waals surface area contributed by atoms with Gasteiger partial charge in [-0.15, -0.1) is 0 Å². The van der Waals surface area contributed by atoms with E-state index in [0.717, 1.165) is 16.8 Å². The average Bonchev–Trinajstić information content (AvgIpc) is 2.38. The number of hydrogen-bond acceptors (Lipinski definition) is 4. The van der Waals surface area contributed by atoms with E-state index in [-0.39, 0.29) is 5.69 Å². The van der Waals surface area contributed by atoms with Crippen molar-refractivity contribution in [2.24, 2.45) is 0 Å². The molecule has 18 heavy (non-hydrogen) atoms. The van der Waals surface area contributed by atoms with Crippen LogP contribution >= 0.6 is 0 Å². The maximum Gasteiger partial charge on any atom is 0.354 e. The maximum atomic E-state index is 10.7. The van der Waals surface area contributed by atoms with Crippen molar-refractivity contribution in [1.29, 1.82) is 0 Å². The first kappa shape index (κ1) is 12.0. The average molecular weight is 243 g/mol. The molecule has 0 unspecified atom stereocenters. The molecule has 92 valence electrons. The van der Waals surface area contributed by atoms with Crippen LogP contribution in [0.5, 0.6) is 0 Å². The summed E-state index contributed by atoms with van der Waals surface area (Å²) in [4.78, 5) is 18.5.